The second-order valence-electron chi connectivity index (χ2n) is 3.73. The smallest absolute Gasteiger partial charge is 0.00585 e. The molecule has 0 spiro atoms. The van der Waals surface area contributed by atoms with Gasteiger partial charge in [0.25, 0.3) is 0 Å². The van der Waals surface area contributed by atoms with Gasteiger partial charge in [-0.3, -0.25) is 0 Å². The highest BCUT2D eigenvalue weighted by Gasteiger charge is 2.14. The Hall–Kier alpha value is -1.04. The van der Waals surface area contributed by atoms with Crippen molar-refractivity contribution in [1.82, 2.24) is 0 Å². The van der Waals surface area contributed by atoms with Crippen LogP contribution in [0.15, 0.2) is 35.4 Å². The van der Waals surface area contributed by atoms with Crippen molar-refractivity contribution in [3.63, 3.8) is 0 Å². The molecule has 0 atom stereocenters. The predicted octanol–water partition coefficient (Wildman–Crippen LogP) is 3.12. The third kappa shape index (κ3) is 1.18. The van der Waals surface area contributed by atoms with Crippen molar-refractivity contribution in [1.29, 1.82) is 0 Å². The summed E-state index contributed by atoms with van der Waals surface area (Å²) in [6, 6.07) is 8.75. The highest BCUT2D eigenvalue weighted by molar-refractivity contribution is 5.41. The Balaban J connectivity index is 2.40. The Kier molecular flexibility index (Phi) is 1.76. The molecule has 0 heteroatoms. The minimum absolute atomic E-state index is 1.18. The maximum Gasteiger partial charge on any atom is -0.00585 e. The third-order valence-electron chi connectivity index (χ3n) is 2.63. The van der Waals surface area contributed by atoms with E-state index in [0.717, 1.165) is 0 Å². The zero-order valence-corrected chi connectivity index (χ0v) is 7.72. The molecular weight excluding hydrogens is 144 g/mol. The number of allylic oxidation sites excluding steroid dienone is 2. The van der Waals surface area contributed by atoms with E-state index in [1.54, 1.807) is 5.57 Å². The number of hydrogen-bond donors (Lipinski definition) is 0. The quantitative estimate of drug-likeness (QED) is 0.509. The van der Waals surface area contributed by atoms with Crippen LogP contribution in [0, 0.1) is 0 Å². The van der Waals surface area contributed by atoms with E-state index < -0.39 is 0 Å². The first kappa shape index (κ1) is 7.60. The molecule has 12 heavy (non-hydrogen) atoms. The first-order chi connectivity index (χ1) is 5.77. The number of fused-ring (bicyclic) bond motifs is 1. The predicted molar refractivity (Wildman–Crippen MR) is 52.2 cm³/mol. The van der Waals surface area contributed by atoms with Crippen LogP contribution in [0.3, 0.4) is 0 Å². The Labute approximate surface area is 73.9 Å². The van der Waals surface area contributed by atoms with Crippen LogP contribution >= 0.6 is 0 Å². The Morgan fingerprint density at radius 2 is 1.50 bits per heavy atom. The lowest BCUT2D eigenvalue weighted by atomic mass is 10.1. The summed E-state index contributed by atoms with van der Waals surface area (Å²) >= 11 is 0. The molecule has 0 unspecified atom stereocenters. The fraction of sp³-hybridized carbons (Fsp3) is 0.333. The fourth-order valence-corrected chi connectivity index (χ4v) is 1.78. The van der Waals surface area contributed by atoms with E-state index in [-0.39, 0.29) is 0 Å². The van der Waals surface area contributed by atoms with Crippen molar-refractivity contribution >= 4 is 0 Å². The summed E-state index contributed by atoms with van der Waals surface area (Å²) in [7, 11) is 0. The van der Waals surface area contributed by atoms with E-state index in [1.165, 1.54) is 29.5 Å². The molecule has 0 saturated heterocycles. The largest absolute Gasteiger partial charge is 0.0766 e. The molecule has 62 valence electrons. The van der Waals surface area contributed by atoms with Gasteiger partial charge < -0.3 is 0 Å². The van der Waals surface area contributed by atoms with Crippen LogP contribution in [0.4, 0.5) is 0 Å². The molecular formula is C12H14. The molecule has 0 nitrogen and oxygen atoms in total. The van der Waals surface area contributed by atoms with Crippen LogP contribution in [0.25, 0.3) is 0 Å². The van der Waals surface area contributed by atoms with E-state index in [4.69, 9.17) is 0 Å². The van der Waals surface area contributed by atoms with Gasteiger partial charge in [-0.25, -0.2) is 0 Å². The average molecular weight is 158 g/mol. The van der Waals surface area contributed by atoms with Crippen LogP contribution < -0.4 is 0 Å². The lowest BCUT2D eigenvalue weighted by Gasteiger charge is -1.96. The van der Waals surface area contributed by atoms with Crippen molar-refractivity contribution in [3.8, 4) is 0 Å². The molecule has 0 saturated carbocycles. The highest BCUT2D eigenvalue weighted by atomic mass is 14.2. The summed E-state index contributed by atoms with van der Waals surface area (Å²) in [5, 5.41) is 0. The average Bonchev–Trinajstić information content (AvgIpc) is 2.46. The van der Waals surface area contributed by atoms with Gasteiger partial charge in [-0.05, 0) is 37.8 Å². The van der Waals surface area contributed by atoms with Crippen molar-refractivity contribution in [2.75, 3.05) is 0 Å². The van der Waals surface area contributed by atoms with E-state index in [1.807, 2.05) is 0 Å². The number of benzene rings is 1. The zero-order valence-electron chi connectivity index (χ0n) is 7.72. The van der Waals surface area contributed by atoms with Gasteiger partial charge in [0, 0.05) is 0 Å². The summed E-state index contributed by atoms with van der Waals surface area (Å²) in [6.45, 7) is 4.42. The highest BCUT2D eigenvalue weighted by Crippen LogP contribution is 2.27. The van der Waals surface area contributed by atoms with Gasteiger partial charge in [-0.15, -0.1) is 0 Å². The summed E-state index contributed by atoms with van der Waals surface area (Å²) in [4.78, 5) is 0. The molecule has 0 fully saturated rings. The van der Waals surface area contributed by atoms with Gasteiger partial charge in [0.1, 0.15) is 0 Å². The van der Waals surface area contributed by atoms with Crippen LogP contribution in [0.5, 0.6) is 0 Å². The minimum Gasteiger partial charge on any atom is -0.0766 e. The second kappa shape index (κ2) is 2.78. The fourth-order valence-electron chi connectivity index (χ4n) is 1.78. The van der Waals surface area contributed by atoms with E-state index in [0.29, 0.717) is 0 Å². The molecule has 0 aliphatic heterocycles. The van der Waals surface area contributed by atoms with Crippen LogP contribution in [0.2, 0.25) is 0 Å². The Morgan fingerprint density at radius 1 is 1.00 bits per heavy atom. The third-order valence-corrected chi connectivity index (χ3v) is 2.63. The molecule has 0 radical (unpaired) electrons. The molecule has 0 heterocycles. The second-order valence-corrected chi connectivity index (χ2v) is 3.73. The van der Waals surface area contributed by atoms with Crippen LogP contribution in [-0.2, 0) is 12.8 Å². The molecule has 0 aromatic heterocycles. The maximum absolute atomic E-state index is 2.24. The van der Waals surface area contributed by atoms with Crippen LogP contribution in [-0.4, -0.2) is 0 Å². The van der Waals surface area contributed by atoms with Gasteiger partial charge >= 0.3 is 0 Å². The van der Waals surface area contributed by atoms with Crippen molar-refractivity contribution in [2.24, 2.45) is 0 Å². The van der Waals surface area contributed by atoms with Gasteiger partial charge in [0.05, 0.1) is 0 Å². The monoisotopic (exact) mass is 158 g/mol. The van der Waals surface area contributed by atoms with Gasteiger partial charge in [0.2, 0.25) is 0 Å². The molecule has 1 aliphatic rings. The molecule has 0 bridgehead atoms. The first-order valence-corrected chi connectivity index (χ1v) is 4.49. The molecule has 1 aliphatic carbocycles. The Morgan fingerprint density at radius 3 is 1.92 bits per heavy atom. The minimum atomic E-state index is 1.18. The lowest BCUT2D eigenvalue weighted by Crippen LogP contribution is -1.83. The van der Waals surface area contributed by atoms with E-state index >= 15 is 0 Å². The molecule has 1 aromatic rings. The van der Waals surface area contributed by atoms with Crippen molar-refractivity contribution in [2.45, 2.75) is 26.7 Å². The number of rotatable bonds is 0. The summed E-state index contributed by atoms with van der Waals surface area (Å²) in [5.74, 6) is 0. The maximum atomic E-state index is 2.24. The van der Waals surface area contributed by atoms with Gasteiger partial charge in [0.15, 0.2) is 0 Å². The molecule has 0 amide bonds. The summed E-state index contributed by atoms with van der Waals surface area (Å²) < 4.78 is 0. The van der Waals surface area contributed by atoms with Gasteiger partial charge in [-0.2, -0.15) is 0 Å². The SMILES string of the molecule is CC(C)=C1Cc2ccccc2C1. The zero-order chi connectivity index (χ0) is 8.55. The van der Waals surface area contributed by atoms with E-state index in [9.17, 15) is 0 Å². The van der Waals surface area contributed by atoms with Crippen molar-refractivity contribution < 1.29 is 0 Å². The lowest BCUT2D eigenvalue weighted by molar-refractivity contribution is 1.10. The standard InChI is InChI=1S/C12H14/c1-9(2)12-7-10-5-3-4-6-11(10)8-12/h3-6H,7-8H2,1-2H3. The Bertz CT molecular complexity index is 301. The normalized spacial score (nSPS) is 14.7. The molecule has 0 N–H and O–H groups in total. The summed E-state index contributed by atoms with van der Waals surface area (Å²) in [6.07, 6.45) is 2.36. The summed E-state index contributed by atoms with van der Waals surface area (Å²) in [5.41, 5.74) is 6.14. The van der Waals surface area contributed by atoms with Gasteiger partial charge in [-0.1, -0.05) is 35.4 Å². The molecule has 2 rings (SSSR count). The molecule has 1 aromatic carbocycles. The first-order valence-electron chi connectivity index (χ1n) is 4.49. The topological polar surface area (TPSA) is 0 Å². The number of hydrogen-bond acceptors (Lipinski definition) is 0. The van der Waals surface area contributed by atoms with Crippen molar-refractivity contribution in [3.05, 3.63) is 46.5 Å². The van der Waals surface area contributed by atoms with Crippen LogP contribution in [0.1, 0.15) is 25.0 Å². The van der Waals surface area contributed by atoms with E-state index in [2.05, 4.69) is 38.1 Å².